The number of aromatic hydroxyl groups is 1. The Morgan fingerprint density at radius 3 is 2.75 bits per heavy atom. The van der Waals surface area contributed by atoms with Gasteiger partial charge < -0.3 is 15.2 Å². The summed E-state index contributed by atoms with van der Waals surface area (Å²) in [5.41, 5.74) is 1.53. The van der Waals surface area contributed by atoms with Crippen LogP contribution in [0.3, 0.4) is 0 Å². The van der Waals surface area contributed by atoms with Gasteiger partial charge in [0, 0.05) is 15.6 Å². The topological polar surface area (TPSA) is 58.6 Å². The minimum atomic E-state index is -0.296. The van der Waals surface area contributed by atoms with Crippen molar-refractivity contribution in [3.8, 4) is 11.5 Å². The van der Waals surface area contributed by atoms with E-state index in [-0.39, 0.29) is 11.7 Å². The lowest BCUT2D eigenvalue weighted by molar-refractivity contribution is 0.102. The minimum Gasteiger partial charge on any atom is -0.508 e. The van der Waals surface area contributed by atoms with Crippen molar-refractivity contribution < 1.29 is 14.6 Å². The first-order chi connectivity index (χ1) is 9.52. The maximum absolute atomic E-state index is 12.3. The van der Waals surface area contributed by atoms with Crippen molar-refractivity contribution in [2.45, 2.75) is 6.92 Å². The van der Waals surface area contributed by atoms with Gasteiger partial charge >= 0.3 is 0 Å². The first kappa shape index (κ1) is 14.4. The van der Waals surface area contributed by atoms with Gasteiger partial charge in [-0.2, -0.15) is 0 Å². The van der Waals surface area contributed by atoms with Crippen LogP contribution in [-0.2, 0) is 0 Å². The zero-order valence-electron chi connectivity index (χ0n) is 11.1. The molecule has 2 rings (SSSR count). The van der Waals surface area contributed by atoms with Gasteiger partial charge in [0.2, 0.25) is 0 Å². The third-order valence-corrected chi connectivity index (χ3v) is 3.45. The van der Waals surface area contributed by atoms with E-state index in [2.05, 4.69) is 21.2 Å². The summed E-state index contributed by atoms with van der Waals surface area (Å²) < 4.78 is 6.04. The molecule has 5 heteroatoms. The largest absolute Gasteiger partial charge is 0.508 e. The number of benzene rings is 2. The molecule has 4 nitrogen and oxygen atoms in total. The molecule has 0 saturated heterocycles. The number of amides is 1. The van der Waals surface area contributed by atoms with Gasteiger partial charge in [0.25, 0.3) is 5.91 Å². The summed E-state index contributed by atoms with van der Waals surface area (Å²) >= 11 is 3.35. The van der Waals surface area contributed by atoms with Gasteiger partial charge in [0.15, 0.2) is 0 Å². The third-order valence-electron chi connectivity index (χ3n) is 2.96. The molecule has 2 aromatic carbocycles. The van der Waals surface area contributed by atoms with Crippen LogP contribution in [0.2, 0.25) is 0 Å². The van der Waals surface area contributed by atoms with Crippen molar-refractivity contribution in [3.63, 3.8) is 0 Å². The molecule has 2 N–H and O–H groups in total. The Morgan fingerprint density at radius 2 is 2.05 bits per heavy atom. The van der Waals surface area contributed by atoms with E-state index < -0.39 is 0 Å². The van der Waals surface area contributed by atoms with Crippen LogP contribution >= 0.6 is 15.9 Å². The summed E-state index contributed by atoms with van der Waals surface area (Å²) in [7, 11) is 1.54. The molecule has 0 heterocycles. The molecule has 0 aliphatic heterocycles. The normalized spacial score (nSPS) is 10.2. The van der Waals surface area contributed by atoms with Crippen LogP contribution in [-0.4, -0.2) is 18.1 Å². The lowest BCUT2D eigenvalue weighted by Gasteiger charge is -2.12. The number of carbonyl (C=O) groups is 1. The molecular formula is C15H14BrNO3. The maximum Gasteiger partial charge on any atom is 0.256 e. The Kier molecular flexibility index (Phi) is 4.29. The molecule has 0 aromatic heterocycles. The van der Waals surface area contributed by atoms with E-state index in [0.717, 1.165) is 4.47 Å². The summed E-state index contributed by atoms with van der Waals surface area (Å²) in [6, 6.07) is 10.2. The molecule has 104 valence electrons. The third kappa shape index (κ3) is 2.93. The van der Waals surface area contributed by atoms with Gasteiger partial charge in [0.05, 0.1) is 12.8 Å². The Hall–Kier alpha value is -2.01. The fraction of sp³-hybridized carbons (Fsp3) is 0.133. The van der Waals surface area contributed by atoms with Crippen LogP contribution < -0.4 is 10.1 Å². The van der Waals surface area contributed by atoms with E-state index in [0.29, 0.717) is 22.6 Å². The van der Waals surface area contributed by atoms with Gasteiger partial charge in [-0.25, -0.2) is 0 Å². The van der Waals surface area contributed by atoms with Crippen LogP contribution in [0.25, 0.3) is 0 Å². The number of hydrogen-bond donors (Lipinski definition) is 2. The minimum absolute atomic E-state index is 0.0962. The maximum atomic E-state index is 12.3. The first-order valence-corrected chi connectivity index (χ1v) is 6.75. The number of phenolic OH excluding ortho intramolecular Hbond substituents is 1. The van der Waals surface area contributed by atoms with E-state index in [1.807, 2.05) is 6.07 Å². The Balaban J connectivity index is 2.32. The molecule has 0 spiro atoms. The number of phenols is 1. The fourth-order valence-corrected chi connectivity index (χ4v) is 2.20. The van der Waals surface area contributed by atoms with Crippen molar-refractivity contribution in [3.05, 3.63) is 52.0 Å². The number of methoxy groups -OCH3 is 1. The fourth-order valence-electron chi connectivity index (χ4n) is 1.84. The number of ether oxygens (including phenoxy) is 1. The summed E-state index contributed by atoms with van der Waals surface area (Å²) in [6.07, 6.45) is 0. The summed E-state index contributed by atoms with van der Waals surface area (Å²) in [4.78, 5) is 12.3. The Labute approximate surface area is 125 Å². The van der Waals surface area contributed by atoms with E-state index in [1.54, 1.807) is 44.4 Å². The summed E-state index contributed by atoms with van der Waals surface area (Å²) in [5.74, 6) is 0.369. The Bertz CT molecular complexity index is 656. The number of halogens is 1. The van der Waals surface area contributed by atoms with Crippen LogP contribution in [0.4, 0.5) is 5.69 Å². The summed E-state index contributed by atoms with van der Waals surface area (Å²) in [6.45, 7) is 1.70. The molecule has 0 aliphatic rings. The van der Waals surface area contributed by atoms with Gasteiger partial charge in [-0.3, -0.25) is 4.79 Å². The van der Waals surface area contributed by atoms with E-state index in [1.165, 1.54) is 0 Å². The second-order valence-electron chi connectivity index (χ2n) is 4.25. The monoisotopic (exact) mass is 335 g/mol. The lowest BCUT2D eigenvalue weighted by atomic mass is 10.1. The molecule has 0 atom stereocenters. The molecule has 1 amide bonds. The van der Waals surface area contributed by atoms with Crippen molar-refractivity contribution in [1.82, 2.24) is 0 Å². The number of anilines is 1. The van der Waals surface area contributed by atoms with Gasteiger partial charge in [-0.05, 0) is 37.3 Å². The smallest absolute Gasteiger partial charge is 0.256 e. The highest BCUT2D eigenvalue weighted by molar-refractivity contribution is 9.10. The predicted molar refractivity (Wildman–Crippen MR) is 81.5 cm³/mol. The first-order valence-electron chi connectivity index (χ1n) is 5.96. The van der Waals surface area contributed by atoms with Gasteiger partial charge in [-0.1, -0.05) is 22.0 Å². The van der Waals surface area contributed by atoms with Gasteiger partial charge in [0.1, 0.15) is 11.5 Å². The molecule has 0 radical (unpaired) electrons. The molecule has 0 saturated carbocycles. The number of hydrogen-bond acceptors (Lipinski definition) is 3. The van der Waals surface area contributed by atoms with Crippen molar-refractivity contribution in [1.29, 1.82) is 0 Å². The van der Waals surface area contributed by atoms with Crippen LogP contribution in [0.15, 0.2) is 40.9 Å². The highest BCUT2D eigenvalue weighted by atomic mass is 79.9. The lowest BCUT2D eigenvalue weighted by Crippen LogP contribution is -2.14. The average Bonchev–Trinajstić information content (AvgIpc) is 2.42. The number of nitrogens with one attached hydrogen (secondary N) is 1. The number of rotatable bonds is 3. The van der Waals surface area contributed by atoms with Crippen LogP contribution in [0.5, 0.6) is 11.5 Å². The zero-order valence-corrected chi connectivity index (χ0v) is 12.7. The van der Waals surface area contributed by atoms with E-state index in [9.17, 15) is 9.90 Å². The SMILES string of the molecule is COc1ccc(Br)cc1NC(=O)c1cccc(O)c1C. The second-order valence-corrected chi connectivity index (χ2v) is 5.16. The molecule has 0 bridgehead atoms. The predicted octanol–water partition coefficient (Wildman–Crippen LogP) is 3.72. The van der Waals surface area contributed by atoms with Crippen molar-refractivity contribution >= 4 is 27.5 Å². The van der Waals surface area contributed by atoms with Gasteiger partial charge in [-0.15, -0.1) is 0 Å². The van der Waals surface area contributed by atoms with E-state index >= 15 is 0 Å². The van der Waals surface area contributed by atoms with Crippen molar-refractivity contribution in [2.24, 2.45) is 0 Å². The Morgan fingerprint density at radius 1 is 1.30 bits per heavy atom. The van der Waals surface area contributed by atoms with Crippen LogP contribution in [0, 0.1) is 6.92 Å². The summed E-state index contributed by atoms with van der Waals surface area (Å²) in [5, 5.41) is 12.4. The quantitative estimate of drug-likeness (QED) is 0.898. The molecule has 0 unspecified atom stereocenters. The zero-order chi connectivity index (χ0) is 14.7. The highest BCUT2D eigenvalue weighted by Crippen LogP contribution is 2.29. The standard InChI is InChI=1S/C15H14BrNO3/c1-9-11(4-3-5-13(9)18)15(19)17-12-8-10(16)6-7-14(12)20-2/h3-8,18H,1-2H3,(H,17,19). The molecule has 20 heavy (non-hydrogen) atoms. The van der Waals surface area contributed by atoms with Crippen LogP contribution in [0.1, 0.15) is 15.9 Å². The molecule has 2 aromatic rings. The molecule has 0 aliphatic carbocycles. The van der Waals surface area contributed by atoms with E-state index in [4.69, 9.17) is 4.74 Å². The number of carbonyl (C=O) groups excluding carboxylic acids is 1. The average molecular weight is 336 g/mol. The van der Waals surface area contributed by atoms with Crippen molar-refractivity contribution in [2.75, 3.05) is 12.4 Å². The highest BCUT2D eigenvalue weighted by Gasteiger charge is 2.13. The molecular weight excluding hydrogens is 322 g/mol. The molecule has 0 fully saturated rings. The second kappa shape index (κ2) is 5.96.